The maximum atomic E-state index is 12.4. The number of hydrogen-bond acceptors (Lipinski definition) is 4. The van der Waals surface area contributed by atoms with Gasteiger partial charge in [-0.3, -0.25) is 9.48 Å². The van der Waals surface area contributed by atoms with Crippen molar-refractivity contribution in [2.24, 2.45) is 0 Å². The topological polar surface area (TPSA) is 69.0 Å². The Morgan fingerprint density at radius 3 is 2.70 bits per heavy atom. The molecule has 0 saturated carbocycles. The van der Waals surface area contributed by atoms with Gasteiger partial charge in [0, 0.05) is 24.6 Å². The van der Waals surface area contributed by atoms with Crippen LogP contribution in [0.4, 0.5) is 0 Å². The zero-order valence-corrected chi connectivity index (χ0v) is 12.2. The first-order valence-electron chi connectivity index (χ1n) is 6.30. The van der Waals surface area contributed by atoms with Gasteiger partial charge in [0.15, 0.2) is 9.84 Å². The highest BCUT2D eigenvalue weighted by Crippen LogP contribution is 2.15. The van der Waals surface area contributed by atoms with Crippen LogP contribution in [-0.2, 0) is 16.4 Å². The summed E-state index contributed by atoms with van der Waals surface area (Å²) in [5, 5.41) is 4.10. The van der Waals surface area contributed by atoms with Crippen LogP contribution in [0.1, 0.15) is 29.4 Å². The molecule has 2 aromatic rings. The van der Waals surface area contributed by atoms with Gasteiger partial charge in [-0.15, -0.1) is 0 Å². The third-order valence-corrected chi connectivity index (χ3v) is 4.02. The van der Waals surface area contributed by atoms with Crippen molar-refractivity contribution in [3.63, 3.8) is 0 Å². The molecule has 20 heavy (non-hydrogen) atoms. The van der Waals surface area contributed by atoms with Gasteiger partial charge < -0.3 is 0 Å². The SMILES string of the molecule is CCCn1nccc1C(=O)c1cccc(S(C)(=O)=O)c1. The van der Waals surface area contributed by atoms with Crippen LogP contribution < -0.4 is 0 Å². The minimum absolute atomic E-state index is 0.143. The fourth-order valence-electron chi connectivity index (χ4n) is 1.93. The lowest BCUT2D eigenvalue weighted by atomic mass is 10.1. The predicted octanol–water partition coefficient (Wildman–Crippen LogP) is 1.93. The molecule has 0 N–H and O–H groups in total. The maximum absolute atomic E-state index is 12.4. The Bertz CT molecular complexity index is 732. The summed E-state index contributed by atoms with van der Waals surface area (Å²) in [5.41, 5.74) is 0.822. The average molecular weight is 292 g/mol. The third kappa shape index (κ3) is 2.96. The number of carbonyl (C=O) groups is 1. The molecule has 0 aliphatic rings. The number of ketones is 1. The van der Waals surface area contributed by atoms with Crippen molar-refractivity contribution in [2.75, 3.05) is 6.26 Å². The van der Waals surface area contributed by atoms with Crippen molar-refractivity contribution >= 4 is 15.6 Å². The molecule has 0 spiro atoms. The van der Waals surface area contributed by atoms with Crippen molar-refractivity contribution in [3.8, 4) is 0 Å². The Balaban J connectivity index is 2.41. The summed E-state index contributed by atoms with van der Waals surface area (Å²) in [4.78, 5) is 12.6. The van der Waals surface area contributed by atoms with E-state index in [9.17, 15) is 13.2 Å². The molecule has 106 valence electrons. The lowest BCUT2D eigenvalue weighted by Gasteiger charge is -2.06. The summed E-state index contributed by atoms with van der Waals surface area (Å²) in [6.07, 6.45) is 3.56. The van der Waals surface area contributed by atoms with Crippen LogP contribution in [0.15, 0.2) is 41.4 Å². The quantitative estimate of drug-likeness (QED) is 0.790. The molecule has 1 aromatic carbocycles. The fraction of sp³-hybridized carbons (Fsp3) is 0.286. The largest absolute Gasteiger partial charge is 0.287 e. The summed E-state index contributed by atoms with van der Waals surface area (Å²) in [6.45, 7) is 2.65. The van der Waals surface area contributed by atoms with Gasteiger partial charge in [-0.1, -0.05) is 19.1 Å². The average Bonchev–Trinajstić information content (AvgIpc) is 2.86. The molecule has 0 radical (unpaired) electrons. The van der Waals surface area contributed by atoms with Gasteiger partial charge in [0.1, 0.15) is 5.69 Å². The lowest BCUT2D eigenvalue weighted by molar-refractivity contribution is 0.102. The first-order chi connectivity index (χ1) is 9.43. The van der Waals surface area contributed by atoms with E-state index in [0.29, 0.717) is 17.8 Å². The van der Waals surface area contributed by atoms with E-state index in [1.165, 1.54) is 12.1 Å². The second-order valence-corrected chi connectivity index (χ2v) is 6.58. The van der Waals surface area contributed by atoms with Crippen molar-refractivity contribution in [3.05, 3.63) is 47.8 Å². The van der Waals surface area contributed by atoms with Gasteiger partial charge in [0.05, 0.1) is 4.90 Å². The Morgan fingerprint density at radius 1 is 1.30 bits per heavy atom. The molecule has 0 bridgehead atoms. The molecule has 1 heterocycles. The number of nitrogens with zero attached hydrogens (tertiary/aromatic N) is 2. The zero-order valence-electron chi connectivity index (χ0n) is 11.4. The Hall–Kier alpha value is -1.95. The normalized spacial score (nSPS) is 11.5. The van der Waals surface area contributed by atoms with Gasteiger partial charge in [0.2, 0.25) is 5.78 Å². The third-order valence-electron chi connectivity index (χ3n) is 2.91. The van der Waals surface area contributed by atoms with E-state index in [2.05, 4.69) is 5.10 Å². The van der Waals surface area contributed by atoms with Gasteiger partial charge in [-0.05, 0) is 24.6 Å². The van der Waals surface area contributed by atoms with Crippen LogP contribution >= 0.6 is 0 Å². The maximum Gasteiger partial charge on any atom is 0.211 e. The highest BCUT2D eigenvalue weighted by Gasteiger charge is 2.16. The van der Waals surface area contributed by atoms with Crippen molar-refractivity contribution in [2.45, 2.75) is 24.8 Å². The van der Waals surface area contributed by atoms with E-state index < -0.39 is 9.84 Å². The molecule has 5 nitrogen and oxygen atoms in total. The molecule has 0 unspecified atom stereocenters. The van der Waals surface area contributed by atoms with Gasteiger partial charge in [-0.25, -0.2) is 8.42 Å². The molecular formula is C14H16N2O3S. The van der Waals surface area contributed by atoms with E-state index >= 15 is 0 Å². The predicted molar refractivity (Wildman–Crippen MR) is 75.5 cm³/mol. The molecule has 0 amide bonds. The number of sulfone groups is 1. The second-order valence-electron chi connectivity index (χ2n) is 4.57. The number of aromatic nitrogens is 2. The number of benzene rings is 1. The molecule has 0 saturated heterocycles. The van der Waals surface area contributed by atoms with Gasteiger partial charge >= 0.3 is 0 Å². The molecule has 6 heteroatoms. The van der Waals surface area contributed by atoms with Crippen LogP contribution in [-0.4, -0.2) is 30.2 Å². The zero-order chi connectivity index (χ0) is 14.8. The van der Waals surface area contributed by atoms with Crippen molar-refractivity contribution in [1.29, 1.82) is 0 Å². The Kier molecular flexibility index (Phi) is 4.04. The van der Waals surface area contributed by atoms with Crippen LogP contribution in [0.5, 0.6) is 0 Å². The molecule has 0 aliphatic heterocycles. The summed E-state index contributed by atoms with van der Waals surface area (Å²) in [7, 11) is -3.32. The van der Waals surface area contributed by atoms with Crippen molar-refractivity contribution < 1.29 is 13.2 Å². The van der Waals surface area contributed by atoms with Gasteiger partial charge in [0.25, 0.3) is 0 Å². The lowest BCUT2D eigenvalue weighted by Crippen LogP contribution is -2.12. The summed E-state index contributed by atoms with van der Waals surface area (Å²) in [5.74, 6) is -0.221. The van der Waals surface area contributed by atoms with Crippen LogP contribution in [0, 0.1) is 0 Å². The number of aryl methyl sites for hydroxylation is 1. The molecule has 0 atom stereocenters. The number of hydrogen-bond donors (Lipinski definition) is 0. The van der Waals surface area contributed by atoms with E-state index in [4.69, 9.17) is 0 Å². The smallest absolute Gasteiger partial charge is 0.211 e. The molecule has 0 fully saturated rings. The Morgan fingerprint density at radius 2 is 2.05 bits per heavy atom. The van der Waals surface area contributed by atoms with Crippen LogP contribution in [0.25, 0.3) is 0 Å². The Labute approximate surface area is 118 Å². The monoisotopic (exact) mass is 292 g/mol. The minimum Gasteiger partial charge on any atom is -0.287 e. The van der Waals surface area contributed by atoms with Crippen LogP contribution in [0.3, 0.4) is 0 Å². The molecular weight excluding hydrogens is 276 g/mol. The first-order valence-corrected chi connectivity index (χ1v) is 8.19. The minimum atomic E-state index is -3.32. The first kappa shape index (κ1) is 14.5. The summed E-state index contributed by atoms with van der Waals surface area (Å²) < 4.78 is 24.7. The molecule has 1 aromatic heterocycles. The van der Waals surface area contributed by atoms with Gasteiger partial charge in [-0.2, -0.15) is 5.10 Å². The summed E-state index contributed by atoms with van der Waals surface area (Å²) in [6, 6.07) is 7.71. The van der Waals surface area contributed by atoms with E-state index in [1.54, 1.807) is 29.1 Å². The molecule has 2 rings (SSSR count). The number of carbonyl (C=O) groups excluding carboxylic acids is 1. The fourth-order valence-corrected chi connectivity index (χ4v) is 2.60. The van der Waals surface area contributed by atoms with Crippen LogP contribution in [0.2, 0.25) is 0 Å². The van der Waals surface area contributed by atoms with E-state index in [0.717, 1.165) is 12.7 Å². The number of rotatable bonds is 5. The second kappa shape index (κ2) is 5.58. The summed E-state index contributed by atoms with van der Waals surface area (Å²) >= 11 is 0. The molecule has 0 aliphatic carbocycles. The standard InChI is InChI=1S/C14H16N2O3S/c1-3-9-16-13(7-8-15-16)14(17)11-5-4-6-12(10-11)20(2,18)19/h4-8,10H,3,9H2,1-2H3. The van der Waals surface area contributed by atoms with Crippen molar-refractivity contribution in [1.82, 2.24) is 9.78 Å². The van der Waals surface area contributed by atoms with E-state index in [-0.39, 0.29) is 10.7 Å². The highest BCUT2D eigenvalue weighted by atomic mass is 32.2. The highest BCUT2D eigenvalue weighted by molar-refractivity contribution is 7.90. The van der Waals surface area contributed by atoms with E-state index in [1.807, 2.05) is 6.92 Å².